The van der Waals surface area contributed by atoms with Gasteiger partial charge in [-0.05, 0) is 42.8 Å². The summed E-state index contributed by atoms with van der Waals surface area (Å²) in [4.78, 5) is 23.5. The lowest BCUT2D eigenvalue weighted by molar-refractivity contribution is 0.0817. The monoisotopic (exact) mass is 472 g/mol. The summed E-state index contributed by atoms with van der Waals surface area (Å²) in [5.74, 6) is 0.176. The molecule has 0 spiro atoms. The topological polar surface area (TPSA) is 85.2 Å². The Hall–Kier alpha value is -4.27. The lowest BCUT2D eigenvalue weighted by Crippen LogP contribution is -2.18. The highest BCUT2D eigenvalue weighted by Crippen LogP contribution is 2.39. The number of nitrogens with one attached hydrogen (secondary N) is 1. The SMILES string of the molecule is COc1c(Nc2cc(Cc3cc(C)c(F)cn3)nc3c2C(=O)N(C)C3)cccc1-c1ccn(C)n1. The molecule has 0 aliphatic carbocycles. The molecule has 1 aromatic carbocycles. The van der Waals surface area contributed by atoms with Crippen LogP contribution in [-0.4, -0.2) is 44.7 Å². The van der Waals surface area contributed by atoms with Gasteiger partial charge in [-0.2, -0.15) is 5.10 Å². The third kappa shape index (κ3) is 4.21. The lowest BCUT2D eigenvalue weighted by Gasteiger charge is -2.17. The van der Waals surface area contributed by atoms with Crippen LogP contribution in [0.3, 0.4) is 0 Å². The van der Waals surface area contributed by atoms with E-state index in [1.807, 2.05) is 43.6 Å². The van der Waals surface area contributed by atoms with Gasteiger partial charge in [-0.3, -0.25) is 19.4 Å². The van der Waals surface area contributed by atoms with Gasteiger partial charge in [0.2, 0.25) is 0 Å². The summed E-state index contributed by atoms with van der Waals surface area (Å²) >= 11 is 0. The largest absolute Gasteiger partial charge is 0.494 e. The van der Waals surface area contributed by atoms with E-state index in [2.05, 4.69) is 15.4 Å². The molecule has 0 saturated heterocycles. The predicted octanol–water partition coefficient (Wildman–Crippen LogP) is 4.25. The Bertz CT molecular complexity index is 1450. The van der Waals surface area contributed by atoms with Crippen LogP contribution >= 0.6 is 0 Å². The number of carbonyl (C=O) groups is 1. The number of rotatable bonds is 6. The first-order valence-corrected chi connectivity index (χ1v) is 11.2. The first-order valence-electron chi connectivity index (χ1n) is 11.2. The Morgan fingerprint density at radius 1 is 1.14 bits per heavy atom. The van der Waals surface area contributed by atoms with Gasteiger partial charge in [0, 0.05) is 43.7 Å². The number of halogens is 1. The molecule has 9 heteroatoms. The molecule has 0 radical (unpaired) electrons. The molecule has 5 rings (SSSR count). The van der Waals surface area contributed by atoms with Crippen LogP contribution in [0.4, 0.5) is 15.8 Å². The van der Waals surface area contributed by atoms with Crippen molar-refractivity contribution >= 4 is 17.3 Å². The highest BCUT2D eigenvalue weighted by molar-refractivity contribution is 6.03. The van der Waals surface area contributed by atoms with E-state index in [0.29, 0.717) is 52.6 Å². The number of aromatic nitrogens is 4. The van der Waals surface area contributed by atoms with Crippen LogP contribution in [0.15, 0.2) is 48.8 Å². The number of hydrogen-bond donors (Lipinski definition) is 1. The molecule has 178 valence electrons. The van der Waals surface area contributed by atoms with Crippen molar-refractivity contribution < 1.29 is 13.9 Å². The zero-order chi connectivity index (χ0) is 24.7. The average molecular weight is 473 g/mol. The maximum atomic E-state index is 13.7. The van der Waals surface area contributed by atoms with Gasteiger partial charge in [0.25, 0.3) is 5.91 Å². The Morgan fingerprint density at radius 2 is 1.97 bits per heavy atom. The summed E-state index contributed by atoms with van der Waals surface area (Å²) in [7, 11) is 5.22. The number of nitrogens with zero attached hydrogens (tertiary/aromatic N) is 5. The van der Waals surface area contributed by atoms with Gasteiger partial charge in [0.15, 0.2) is 5.75 Å². The van der Waals surface area contributed by atoms with Crippen LogP contribution in [0.5, 0.6) is 5.75 Å². The minimum atomic E-state index is -0.342. The molecule has 1 aliphatic rings. The van der Waals surface area contributed by atoms with E-state index >= 15 is 0 Å². The standard InChI is InChI=1S/C26H25FN6O2/c1-15-10-16(28-13-19(15)27)11-17-12-22(24-23(29-17)14-32(2)26(24)34)30-21-7-5-6-18(25(21)35-4)20-8-9-33(3)31-20/h5-10,12-13H,11,14H2,1-4H3,(H,29,30). The fraction of sp³-hybridized carbons (Fsp3) is 0.231. The van der Waals surface area contributed by atoms with Crippen LogP contribution in [0.25, 0.3) is 11.3 Å². The highest BCUT2D eigenvalue weighted by atomic mass is 19.1. The van der Waals surface area contributed by atoms with Crippen LogP contribution < -0.4 is 10.1 Å². The second-order valence-electron chi connectivity index (χ2n) is 8.63. The van der Waals surface area contributed by atoms with E-state index in [-0.39, 0.29) is 11.7 Å². The number of aryl methyl sites for hydroxylation is 2. The van der Waals surface area contributed by atoms with Crippen molar-refractivity contribution in [3.63, 3.8) is 0 Å². The van der Waals surface area contributed by atoms with Crippen molar-refractivity contribution in [1.82, 2.24) is 24.6 Å². The van der Waals surface area contributed by atoms with E-state index < -0.39 is 0 Å². The quantitative estimate of drug-likeness (QED) is 0.452. The highest BCUT2D eigenvalue weighted by Gasteiger charge is 2.30. The molecule has 0 saturated carbocycles. The molecular weight excluding hydrogens is 447 g/mol. The molecular formula is C26H25FN6O2. The molecule has 1 aliphatic heterocycles. The first kappa shape index (κ1) is 22.5. The Morgan fingerprint density at radius 3 is 2.69 bits per heavy atom. The summed E-state index contributed by atoms with van der Waals surface area (Å²) in [5.41, 5.74) is 6.13. The lowest BCUT2D eigenvalue weighted by atomic mass is 10.1. The van der Waals surface area contributed by atoms with E-state index in [4.69, 9.17) is 9.72 Å². The fourth-order valence-corrected chi connectivity index (χ4v) is 4.33. The van der Waals surface area contributed by atoms with Crippen molar-refractivity contribution in [2.24, 2.45) is 7.05 Å². The van der Waals surface area contributed by atoms with Gasteiger partial charge in [-0.25, -0.2) is 4.39 Å². The number of hydrogen-bond acceptors (Lipinski definition) is 6. The van der Waals surface area contributed by atoms with Gasteiger partial charge in [-0.1, -0.05) is 6.07 Å². The van der Waals surface area contributed by atoms with E-state index in [9.17, 15) is 9.18 Å². The van der Waals surface area contributed by atoms with E-state index in [1.165, 1.54) is 6.20 Å². The normalized spacial score (nSPS) is 12.7. The van der Waals surface area contributed by atoms with Gasteiger partial charge in [0.1, 0.15) is 5.82 Å². The molecule has 8 nitrogen and oxygen atoms in total. The minimum Gasteiger partial charge on any atom is -0.494 e. The van der Waals surface area contributed by atoms with E-state index in [0.717, 1.165) is 17.0 Å². The number of benzene rings is 1. The molecule has 0 fully saturated rings. The Kier molecular flexibility index (Phi) is 5.68. The number of carbonyl (C=O) groups excluding carboxylic acids is 1. The van der Waals surface area contributed by atoms with Gasteiger partial charge in [0.05, 0.1) is 48.2 Å². The van der Waals surface area contributed by atoms with Gasteiger partial charge in [-0.15, -0.1) is 0 Å². The summed E-state index contributed by atoms with van der Waals surface area (Å²) in [6.45, 7) is 2.12. The number of para-hydroxylation sites is 1. The van der Waals surface area contributed by atoms with E-state index in [1.54, 1.807) is 36.7 Å². The zero-order valence-electron chi connectivity index (χ0n) is 20.0. The molecule has 1 amide bonds. The van der Waals surface area contributed by atoms with Gasteiger partial charge < -0.3 is 15.0 Å². The number of anilines is 2. The first-order chi connectivity index (χ1) is 16.8. The van der Waals surface area contributed by atoms with Crippen LogP contribution in [0, 0.1) is 12.7 Å². The van der Waals surface area contributed by atoms with Crippen molar-refractivity contribution in [3.05, 3.63) is 82.8 Å². The third-order valence-electron chi connectivity index (χ3n) is 6.04. The molecule has 3 aromatic heterocycles. The molecule has 0 bridgehead atoms. The molecule has 0 atom stereocenters. The number of ether oxygens (including phenoxy) is 1. The molecule has 4 heterocycles. The summed E-state index contributed by atoms with van der Waals surface area (Å²) in [6.07, 6.45) is 3.51. The number of methoxy groups -OCH3 is 1. The number of fused-ring (bicyclic) bond motifs is 1. The molecule has 0 unspecified atom stereocenters. The maximum absolute atomic E-state index is 13.7. The average Bonchev–Trinajstić information content (AvgIpc) is 3.38. The van der Waals surface area contributed by atoms with Gasteiger partial charge >= 0.3 is 0 Å². The summed E-state index contributed by atoms with van der Waals surface area (Å²) in [6, 6.07) is 11.2. The third-order valence-corrected chi connectivity index (χ3v) is 6.04. The summed E-state index contributed by atoms with van der Waals surface area (Å²) in [5, 5.41) is 7.91. The summed E-state index contributed by atoms with van der Waals surface area (Å²) < 4.78 is 21.2. The second-order valence-corrected chi connectivity index (χ2v) is 8.63. The predicted molar refractivity (Wildman–Crippen MR) is 130 cm³/mol. The van der Waals surface area contributed by atoms with Crippen LogP contribution in [0.1, 0.15) is 33.0 Å². The smallest absolute Gasteiger partial charge is 0.257 e. The van der Waals surface area contributed by atoms with Crippen molar-refractivity contribution in [3.8, 4) is 17.0 Å². The van der Waals surface area contributed by atoms with Crippen LogP contribution in [-0.2, 0) is 20.0 Å². The second kappa shape index (κ2) is 8.83. The molecule has 4 aromatic rings. The number of amides is 1. The maximum Gasteiger partial charge on any atom is 0.257 e. The number of pyridine rings is 2. The molecule has 35 heavy (non-hydrogen) atoms. The van der Waals surface area contributed by atoms with Crippen molar-refractivity contribution in [2.45, 2.75) is 19.9 Å². The zero-order valence-corrected chi connectivity index (χ0v) is 20.0. The van der Waals surface area contributed by atoms with Crippen LogP contribution in [0.2, 0.25) is 0 Å². The molecule has 1 N–H and O–H groups in total. The fourth-order valence-electron chi connectivity index (χ4n) is 4.33. The minimum absolute atomic E-state index is 0.0999. The Balaban J connectivity index is 1.57. The van der Waals surface area contributed by atoms with Crippen molar-refractivity contribution in [1.29, 1.82) is 0 Å². The Labute approximate surface area is 202 Å². The van der Waals surface area contributed by atoms with Crippen molar-refractivity contribution in [2.75, 3.05) is 19.5 Å².